The number of hydrogen-bond donors (Lipinski definition) is 2. The third-order valence-corrected chi connectivity index (χ3v) is 13.8. The number of carbonyl (C=O) groups excluding carboxylic acids is 2. The Morgan fingerprint density at radius 2 is 1.79 bits per heavy atom. The summed E-state index contributed by atoms with van der Waals surface area (Å²) >= 11 is 0. The predicted molar refractivity (Wildman–Crippen MR) is 139 cm³/mol. The van der Waals surface area contributed by atoms with Crippen molar-refractivity contribution in [2.45, 2.75) is 101 Å². The lowest BCUT2D eigenvalue weighted by Crippen LogP contribution is -2.68. The Morgan fingerprint density at radius 1 is 1.03 bits per heavy atom. The minimum Gasteiger partial charge on any atom is -0.462 e. The molecule has 1 aromatic heterocycles. The largest absolute Gasteiger partial charge is 0.462 e. The van der Waals surface area contributed by atoms with Gasteiger partial charge in [-0.25, -0.2) is 4.79 Å². The summed E-state index contributed by atoms with van der Waals surface area (Å²) in [5.41, 5.74) is -2.93. The van der Waals surface area contributed by atoms with E-state index in [0.29, 0.717) is 50.4 Å². The van der Waals surface area contributed by atoms with Crippen molar-refractivity contribution >= 4 is 12.3 Å². The van der Waals surface area contributed by atoms with Gasteiger partial charge >= 0.3 is 11.6 Å². The Kier molecular flexibility index (Phi) is 4.98. The zero-order valence-electron chi connectivity index (χ0n) is 22.7. The van der Waals surface area contributed by atoms with Gasteiger partial charge in [-0.15, -0.1) is 0 Å². The Balaban J connectivity index is 1.04. The summed E-state index contributed by atoms with van der Waals surface area (Å²) in [5, 5.41) is 24.6. The highest BCUT2D eigenvalue weighted by molar-refractivity contribution is 5.75. The molecule has 9 rings (SSSR count). The molecule has 8 saturated carbocycles. The Bertz CT molecular complexity index is 1250. The topological polar surface area (TPSA) is 114 Å². The van der Waals surface area contributed by atoms with Crippen LogP contribution in [0.2, 0.25) is 0 Å². The van der Waals surface area contributed by atoms with Gasteiger partial charge in [-0.1, -0.05) is 6.92 Å². The van der Waals surface area contributed by atoms with Crippen LogP contribution in [0, 0.1) is 52.3 Å². The summed E-state index contributed by atoms with van der Waals surface area (Å²) in [5.74, 6) is 2.41. The Labute approximate surface area is 228 Å². The second kappa shape index (κ2) is 7.84. The van der Waals surface area contributed by atoms with Gasteiger partial charge in [-0.05, 0) is 117 Å². The molecular weight excluding hydrogens is 496 g/mol. The fourth-order valence-electron chi connectivity index (χ4n) is 12.0. The van der Waals surface area contributed by atoms with Crippen molar-refractivity contribution in [1.82, 2.24) is 0 Å². The molecule has 0 aromatic carbocycles. The fraction of sp³-hybridized carbons (Fsp3) is 0.781. The molecule has 0 amide bonds. The maximum absolute atomic E-state index is 13.2. The summed E-state index contributed by atoms with van der Waals surface area (Å²) in [6.45, 7) is 2.16. The summed E-state index contributed by atoms with van der Waals surface area (Å²) < 4.78 is 11.3. The third-order valence-electron chi connectivity index (χ3n) is 13.8. The van der Waals surface area contributed by atoms with Crippen LogP contribution in [0.3, 0.4) is 0 Å². The number of esters is 1. The molecule has 1 aromatic rings. The quantitative estimate of drug-likeness (QED) is 0.442. The summed E-state index contributed by atoms with van der Waals surface area (Å²) in [4.78, 5) is 37.7. The maximum atomic E-state index is 13.2. The normalized spacial score (nSPS) is 54.4. The molecule has 1 heterocycles. The number of hydrogen-bond acceptors (Lipinski definition) is 7. The molecule has 210 valence electrons. The molecule has 0 aliphatic heterocycles. The number of rotatable bonds is 4. The highest BCUT2D eigenvalue weighted by atomic mass is 16.5. The number of aldehydes is 1. The molecule has 7 nitrogen and oxygen atoms in total. The minimum atomic E-state index is -1.22. The molecule has 0 radical (unpaired) electrons. The van der Waals surface area contributed by atoms with Crippen LogP contribution >= 0.6 is 0 Å². The van der Waals surface area contributed by atoms with Gasteiger partial charge in [0.15, 0.2) is 0 Å². The number of fused-ring (bicyclic) bond motifs is 5. The SMILES string of the molecule is CC12CCC3C(CCC4(O)CC(OC(=O)C5C6CC7C(C6)C75)CCC34C=O)C1(O)CCC2c1ccc(=O)oc1. The van der Waals surface area contributed by atoms with Crippen LogP contribution in [0.5, 0.6) is 0 Å². The van der Waals surface area contributed by atoms with Gasteiger partial charge < -0.3 is 24.2 Å². The zero-order valence-corrected chi connectivity index (χ0v) is 22.7. The van der Waals surface area contributed by atoms with Crippen molar-refractivity contribution in [3.63, 3.8) is 0 Å². The lowest BCUT2D eigenvalue weighted by atomic mass is 9.41. The second-order valence-electron chi connectivity index (χ2n) is 14.8. The van der Waals surface area contributed by atoms with E-state index in [1.54, 1.807) is 6.26 Å². The van der Waals surface area contributed by atoms with E-state index in [1.165, 1.54) is 18.9 Å². The van der Waals surface area contributed by atoms with Gasteiger partial charge in [-0.3, -0.25) is 4.79 Å². The molecule has 7 heteroatoms. The van der Waals surface area contributed by atoms with Crippen molar-refractivity contribution in [1.29, 1.82) is 0 Å². The van der Waals surface area contributed by atoms with E-state index in [2.05, 4.69) is 6.92 Å². The highest BCUT2D eigenvalue weighted by Gasteiger charge is 2.73. The van der Waals surface area contributed by atoms with Gasteiger partial charge in [-0.2, -0.15) is 0 Å². The van der Waals surface area contributed by atoms with E-state index in [-0.39, 0.29) is 41.4 Å². The third kappa shape index (κ3) is 2.99. The van der Waals surface area contributed by atoms with Crippen molar-refractivity contribution < 1.29 is 29.0 Å². The zero-order chi connectivity index (χ0) is 26.9. The van der Waals surface area contributed by atoms with Crippen LogP contribution < -0.4 is 5.63 Å². The minimum absolute atomic E-state index is 0.0568. The first-order valence-corrected chi connectivity index (χ1v) is 15.3. The van der Waals surface area contributed by atoms with E-state index in [9.17, 15) is 24.6 Å². The van der Waals surface area contributed by atoms with Crippen molar-refractivity contribution in [3.8, 4) is 0 Å². The van der Waals surface area contributed by atoms with E-state index < -0.39 is 22.0 Å². The van der Waals surface area contributed by atoms with Gasteiger partial charge in [0.05, 0.1) is 28.8 Å². The van der Waals surface area contributed by atoms with E-state index in [0.717, 1.165) is 42.9 Å². The molecule has 0 spiro atoms. The van der Waals surface area contributed by atoms with Crippen LogP contribution in [0.1, 0.15) is 89.0 Å². The monoisotopic (exact) mass is 536 g/mol. The lowest BCUT2D eigenvalue weighted by molar-refractivity contribution is -0.248. The summed E-state index contributed by atoms with van der Waals surface area (Å²) in [6.07, 6.45) is 9.99. The molecule has 2 N–H and O–H groups in total. The standard InChI is InChI=1S/C32H40O7/c1-29-8-5-23-24(32(29,37)11-7-22(29)17-2-3-25(34)38-15-17)6-10-31(36)14-19(4-9-30(23,31)16-33)39-28(35)26-18-12-20-21(13-18)27(20)26/h2-3,15-16,18-24,26-27,36-37H,4-14H2,1H3. The number of ether oxygens (including phenoxy) is 1. The Morgan fingerprint density at radius 3 is 2.46 bits per heavy atom. The van der Waals surface area contributed by atoms with Crippen LogP contribution in [-0.2, 0) is 14.3 Å². The van der Waals surface area contributed by atoms with Gasteiger partial charge in [0, 0.05) is 17.9 Å². The van der Waals surface area contributed by atoms with E-state index in [1.807, 2.05) is 6.07 Å². The van der Waals surface area contributed by atoms with Gasteiger partial charge in [0.25, 0.3) is 0 Å². The lowest BCUT2D eigenvalue weighted by Gasteiger charge is -2.65. The predicted octanol–water partition coefficient (Wildman–Crippen LogP) is 3.99. The van der Waals surface area contributed by atoms with Crippen LogP contribution in [0.25, 0.3) is 0 Å². The summed E-state index contributed by atoms with van der Waals surface area (Å²) in [7, 11) is 0. The second-order valence-corrected chi connectivity index (χ2v) is 14.8. The molecule has 11 unspecified atom stereocenters. The first-order chi connectivity index (χ1) is 18.6. The van der Waals surface area contributed by atoms with Crippen molar-refractivity contribution in [3.05, 3.63) is 34.4 Å². The fourth-order valence-corrected chi connectivity index (χ4v) is 12.0. The molecule has 8 aliphatic carbocycles. The first-order valence-electron chi connectivity index (χ1n) is 15.3. The average molecular weight is 537 g/mol. The highest BCUT2D eigenvalue weighted by Crippen LogP contribution is 2.74. The Hall–Kier alpha value is -1.99. The average Bonchev–Trinajstić information content (AvgIpc) is 3.34. The molecule has 4 bridgehead atoms. The maximum Gasteiger partial charge on any atom is 0.335 e. The van der Waals surface area contributed by atoms with Gasteiger partial charge in [0.1, 0.15) is 12.4 Å². The van der Waals surface area contributed by atoms with E-state index in [4.69, 9.17) is 9.15 Å². The molecule has 8 fully saturated rings. The number of aliphatic hydroxyl groups is 2. The van der Waals surface area contributed by atoms with Crippen LogP contribution in [0.4, 0.5) is 0 Å². The molecule has 8 aliphatic rings. The number of carbonyl (C=O) groups is 2. The van der Waals surface area contributed by atoms with Crippen molar-refractivity contribution in [2.24, 2.45) is 52.3 Å². The molecule has 11 atom stereocenters. The van der Waals surface area contributed by atoms with E-state index >= 15 is 0 Å². The van der Waals surface area contributed by atoms with Crippen LogP contribution in [-0.4, -0.2) is 39.8 Å². The van der Waals surface area contributed by atoms with Crippen molar-refractivity contribution in [2.75, 3.05) is 0 Å². The molecular formula is C32H40O7. The molecule has 0 saturated heterocycles. The smallest absolute Gasteiger partial charge is 0.335 e. The molecule has 39 heavy (non-hydrogen) atoms. The first kappa shape index (κ1) is 24.8. The van der Waals surface area contributed by atoms with Crippen LogP contribution in [0.15, 0.2) is 27.6 Å². The van der Waals surface area contributed by atoms with Gasteiger partial charge in [0.2, 0.25) is 0 Å². The summed E-state index contributed by atoms with van der Waals surface area (Å²) in [6, 6.07) is 3.28.